The number of hydrogen-bond acceptors (Lipinski definition) is 4. The first kappa shape index (κ1) is 11.9. The van der Waals surface area contributed by atoms with Gasteiger partial charge in [0.15, 0.2) is 17.3 Å². The van der Waals surface area contributed by atoms with E-state index >= 15 is 0 Å². The van der Waals surface area contributed by atoms with Crippen LogP contribution in [0.25, 0.3) is 0 Å². The average Bonchev–Trinajstić information content (AvgIpc) is 2.34. The summed E-state index contributed by atoms with van der Waals surface area (Å²) < 4.78 is 10.5. The van der Waals surface area contributed by atoms with E-state index < -0.39 is 0 Å². The zero-order chi connectivity index (χ0) is 12.6. The molecular formula is C13H17NO3. The lowest BCUT2D eigenvalue weighted by atomic mass is 9.93. The molecule has 1 aromatic carbocycles. The number of Topliss-reactive ketones (excluding diaryl/α,β-unsaturated/α-hetero) is 1. The predicted octanol–water partition coefficient (Wildman–Crippen LogP) is 1.72. The molecule has 17 heavy (non-hydrogen) atoms. The van der Waals surface area contributed by atoms with Gasteiger partial charge < -0.3 is 9.47 Å². The van der Waals surface area contributed by atoms with Crippen LogP contribution in [0, 0.1) is 0 Å². The molecule has 2 rings (SSSR count). The number of likely N-dealkylation sites (N-methyl/N-ethyl adjacent to an activating group) is 1. The first-order chi connectivity index (χ1) is 8.08. The highest BCUT2D eigenvalue weighted by molar-refractivity contribution is 6.02. The third kappa shape index (κ3) is 1.89. The smallest absolute Gasteiger partial charge is 0.180 e. The number of fused-ring (bicyclic) bond motifs is 1. The van der Waals surface area contributed by atoms with Gasteiger partial charge in [0.2, 0.25) is 0 Å². The molecule has 4 nitrogen and oxygen atoms in total. The molecule has 0 aliphatic carbocycles. The minimum atomic E-state index is -0.0828. The minimum absolute atomic E-state index is 0.0828. The van der Waals surface area contributed by atoms with Crippen molar-refractivity contribution in [3.05, 3.63) is 23.3 Å². The van der Waals surface area contributed by atoms with Gasteiger partial charge in [-0.25, -0.2) is 0 Å². The zero-order valence-electron chi connectivity index (χ0n) is 10.6. The van der Waals surface area contributed by atoms with Gasteiger partial charge in [-0.2, -0.15) is 0 Å². The monoisotopic (exact) mass is 235 g/mol. The topological polar surface area (TPSA) is 38.8 Å². The Morgan fingerprint density at radius 2 is 1.82 bits per heavy atom. The Balaban J connectivity index is 2.54. The highest BCUT2D eigenvalue weighted by Crippen LogP contribution is 2.34. The van der Waals surface area contributed by atoms with E-state index in [2.05, 4.69) is 0 Å². The first-order valence-corrected chi connectivity index (χ1v) is 5.57. The summed E-state index contributed by atoms with van der Waals surface area (Å²) in [6.07, 6.45) is 0. The van der Waals surface area contributed by atoms with Gasteiger partial charge in [-0.1, -0.05) is 0 Å². The Morgan fingerprint density at radius 3 is 2.41 bits per heavy atom. The Morgan fingerprint density at radius 1 is 1.24 bits per heavy atom. The summed E-state index contributed by atoms with van der Waals surface area (Å²) in [5.41, 5.74) is 1.74. The van der Waals surface area contributed by atoms with Gasteiger partial charge in [0, 0.05) is 12.1 Å². The van der Waals surface area contributed by atoms with Crippen molar-refractivity contribution < 1.29 is 14.3 Å². The van der Waals surface area contributed by atoms with Crippen LogP contribution < -0.4 is 9.47 Å². The molecule has 1 atom stereocenters. The standard InChI is InChI=1S/C13H17NO3/c1-8-13(15)10-6-12(17-4)11(16-3)5-9(10)7-14(8)2/h5-6,8H,7H2,1-4H3. The lowest BCUT2D eigenvalue weighted by Gasteiger charge is -2.30. The largest absolute Gasteiger partial charge is 0.493 e. The van der Waals surface area contributed by atoms with Gasteiger partial charge in [0.05, 0.1) is 20.3 Å². The van der Waals surface area contributed by atoms with E-state index in [4.69, 9.17) is 9.47 Å². The fourth-order valence-electron chi connectivity index (χ4n) is 2.11. The van der Waals surface area contributed by atoms with Crippen molar-refractivity contribution in [3.8, 4) is 11.5 Å². The van der Waals surface area contributed by atoms with Crippen LogP contribution in [-0.4, -0.2) is 38.0 Å². The van der Waals surface area contributed by atoms with Crippen molar-refractivity contribution in [1.29, 1.82) is 0 Å². The Kier molecular flexibility index (Phi) is 3.07. The molecule has 0 radical (unpaired) electrons. The van der Waals surface area contributed by atoms with Crippen LogP contribution in [0.5, 0.6) is 11.5 Å². The predicted molar refractivity (Wildman–Crippen MR) is 64.8 cm³/mol. The summed E-state index contributed by atoms with van der Waals surface area (Å²) in [5.74, 6) is 1.41. The summed E-state index contributed by atoms with van der Waals surface area (Å²) in [6, 6.07) is 3.58. The molecule has 1 unspecified atom stereocenters. The van der Waals surface area contributed by atoms with Crippen LogP contribution in [0.2, 0.25) is 0 Å². The molecule has 0 amide bonds. The van der Waals surface area contributed by atoms with Crippen molar-refractivity contribution in [3.63, 3.8) is 0 Å². The number of rotatable bonds is 2. The van der Waals surface area contributed by atoms with Crippen molar-refractivity contribution in [2.75, 3.05) is 21.3 Å². The third-order valence-corrected chi connectivity index (χ3v) is 3.34. The number of ether oxygens (including phenoxy) is 2. The molecule has 0 N–H and O–H groups in total. The van der Waals surface area contributed by atoms with E-state index in [9.17, 15) is 4.79 Å². The molecule has 0 aromatic heterocycles. The van der Waals surface area contributed by atoms with Crippen LogP contribution in [-0.2, 0) is 6.54 Å². The van der Waals surface area contributed by atoms with Crippen LogP contribution >= 0.6 is 0 Å². The highest BCUT2D eigenvalue weighted by Gasteiger charge is 2.29. The van der Waals surface area contributed by atoms with E-state index in [0.717, 1.165) is 17.7 Å². The van der Waals surface area contributed by atoms with Crippen LogP contribution in [0.15, 0.2) is 12.1 Å². The van der Waals surface area contributed by atoms with Gasteiger partial charge in [-0.15, -0.1) is 0 Å². The number of carbonyl (C=O) groups excluding carboxylic acids is 1. The first-order valence-electron chi connectivity index (χ1n) is 5.57. The number of carbonyl (C=O) groups is 1. The summed E-state index contributed by atoms with van der Waals surface area (Å²) in [7, 11) is 5.12. The summed E-state index contributed by atoms with van der Waals surface area (Å²) >= 11 is 0. The molecule has 4 heteroatoms. The third-order valence-electron chi connectivity index (χ3n) is 3.34. The second kappa shape index (κ2) is 4.37. The summed E-state index contributed by atoms with van der Waals surface area (Å²) in [4.78, 5) is 14.2. The van der Waals surface area contributed by atoms with Crippen molar-refractivity contribution in [2.45, 2.75) is 19.5 Å². The highest BCUT2D eigenvalue weighted by atomic mass is 16.5. The van der Waals surface area contributed by atoms with Crippen molar-refractivity contribution >= 4 is 5.78 Å². The zero-order valence-corrected chi connectivity index (χ0v) is 10.6. The van der Waals surface area contributed by atoms with E-state index in [1.807, 2.05) is 24.9 Å². The molecule has 0 bridgehead atoms. The number of methoxy groups -OCH3 is 2. The minimum Gasteiger partial charge on any atom is -0.493 e. The fraction of sp³-hybridized carbons (Fsp3) is 0.462. The quantitative estimate of drug-likeness (QED) is 0.782. The second-order valence-corrected chi connectivity index (χ2v) is 4.32. The van der Waals surface area contributed by atoms with Crippen LogP contribution in [0.1, 0.15) is 22.8 Å². The lowest BCUT2D eigenvalue weighted by Crippen LogP contribution is -2.40. The molecule has 0 spiro atoms. The number of nitrogens with zero attached hydrogens (tertiary/aromatic N) is 1. The number of ketones is 1. The van der Waals surface area contributed by atoms with E-state index in [0.29, 0.717) is 11.5 Å². The van der Waals surface area contributed by atoms with Gasteiger partial charge in [-0.05, 0) is 31.7 Å². The molecule has 0 saturated heterocycles. The Bertz CT molecular complexity index is 456. The van der Waals surface area contributed by atoms with E-state index in [1.165, 1.54) is 0 Å². The summed E-state index contributed by atoms with van der Waals surface area (Å²) in [6.45, 7) is 2.67. The van der Waals surface area contributed by atoms with E-state index in [1.54, 1.807) is 20.3 Å². The normalized spacial score (nSPS) is 20.0. The van der Waals surface area contributed by atoms with E-state index in [-0.39, 0.29) is 11.8 Å². The maximum atomic E-state index is 12.2. The van der Waals surface area contributed by atoms with Crippen molar-refractivity contribution in [1.82, 2.24) is 4.90 Å². The fourth-order valence-corrected chi connectivity index (χ4v) is 2.11. The number of benzene rings is 1. The van der Waals surface area contributed by atoms with Crippen LogP contribution in [0.3, 0.4) is 0 Å². The Labute approximate surface area is 101 Å². The summed E-state index contributed by atoms with van der Waals surface area (Å²) in [5, 5.41) is 0. The molecular weight excluding hydrogens is 218 g/mol. The number of hydrogen-bond donors (Lipinski definition) is 0. The van der Waals surface area contributed by atoms with Gasteiger partial charge in [0.1, 0.15) is 0 Å². The molecule has 1 heterocycles. The van der Waals surface area contributed by atoms with Gasteiger partial charge in [-0.3, -0.25) is 9.69 Å². The molecule has 1 aliphatic rings. The second-order valence-electron chi connectivity index (χ2n) is 4.32. The SMILES string of the molecule is COc1cc2c(cc1OC)C(=O)C(C)N(C)C2. The maximum Gasteiger partial charge on any atom is 0.180 e. The lowest BCUT2D eigenvalue weighted by molar-refractivity contribution is 0.0832. The van der Waals surface area contributed by atoms with Crippen LogP contribution in [0.4, 0.5) is 0 Å². The Hall–Kier alpha value is -1.55. The van der Waals surface area contributed by atoms with Crippen molar-refractivity contribution in [2.24, 2.45) is 0 Å². The average molecular weight is 235 g/mol. The maximum absolute atomic E-state index is 12.2. The molecule has 1 aromatic rings. The van der Waals surface area contributed by atoms with Gasteiger partial charge in [0.25, 0.3) is 0 Å². The molecule has 92 valence electrons. The molecule has 1 aliphatic heterocycles. The molecule has 0 fully saturated rings. The van der Waals surface area contributed by atoms with Gasteiger partial charge >= 0.3 is 0 Å². The molecule has 0 saturated carbocycles.